The molecule has 2 aliphatic rings. The summed E-state index contributed by atoms with van der Waals surface area (Å²) in [6.45, 7) is 3.49. The van der Waals surface area contributed by atoms with Crippen LogP contribution in [0.15, 0.2) is 52.3 Å². The number of rotatable bonds is 16. The molecule has 2 aromatic carbocycles. The molecular formula is C28H32N2O10S2. The number of fused-ring (bicyclic) bond motifs is 1. The van der Waals surface area contributed by atoms with Crippen molar-refractivity contribution in [3.05, 3.63) is 59.2 Å². The van der Waals surface area contributed by atoms with Gasteiger partial charge in [0.2, 0.25) is 11.8 Å². The summed E-state index contributed by atoms with van der Waals surface area (Å²) in [5, 5.41) is 2.19. The van der Waals surface area contributed by atoms with E-state index in [0.717, 1.165) is 10.5 Å². The first-order chi connectivity index (χ1) is 20.2. The van der Waals surface area contributed by atoms with Crippen LogP contribution in [0.4, 0.5) is 0 Å². The van der Waals surface area contributed by atoms with Crippen molar-refractivity contribution >= 4 is 45.5 Å². The summed E-state index contributed by atoms with van der Waals surface area (Å²) in [5.74, 6) is -1.62. The lowest BCUT2D eigenvalue weighted by atomic mass is 10.0. The molecule has 226 valence electrons. The summed E-state index contributed by atoms with van der Waals surface area (Å²) in [5.41, 5.74) is 1.46. The Morgan fingerprint density at radius 1 is 0.857 bits per heavy atom. The van der Waals surface area contributed by atoms with Crippen LogP contribution in [0.25, 0.3) is 0 Å². The number of thioether (sulfide) groups is 1. The van der Waals surface area contributed by atoms with Crippen LogP contribution in [0.1, 0.15) is 39.1 Å². The lowest BCUT2D eigenvalue weighted by Gasteiger charge is -2.27. The first kappa shape index (κ1) is 31.8. The Labute approximate surface area is 248 Å². The second-order valence-electron chi connectivity index (χ2n) is 9.40. The largest absolute Gasteiger partial charge is 0.378 e. The standard InChI is InChI=1S/C28H32N2O10S2/c1-19-5-7-20(8-6-19)42(35,36)40-16-15-38-12-11-37-13-14-39-17-18-41-23-4-2-3-21-25(23)28(34)30(27(21)33)22-9-10-24(31)29-26(22)32/h2-8,22H,9-18H2,1H3,(H,29,31,32). The zero-order valence-corrected chi connectivity index (χ0v) is 24.7. The minimum atomic E-state index is -3.81. The van der Waals surface area contributed by atoms with Gasteiger partial charge in [-0.3, -0.25) is 33.6 Å². The van der Waals surface area contributed by atoms with Crippen molar-refractivity contribution in [2.24, 2.45) is 0 Å². The number of carbonyl (C=O) groups is 4. The van der Waals surface area contributed by atoms with E-state index in [1.165, 1.54) is 23.9 Å². The summed E-state index contributed by atoms with van der Waals surface area (Å²) in [4.78, 5) is 51.4. The SMILES string of the molecule is Cc1ccc(S(=O)(=O)OCCOCCOCCOCCSc2cccc3c2C(=O)N(C2CCC(=O)NC2=O)C3=O)cc1. The van der Waals surface area contributed by atoms with Crippen molar-refractivity contribution in [2.75, 3.05) is 52.0 Å². The molecule has 1 fully saturated rings. The molecule has 0 saturated carbocycles. The first-order valence-corrected chi connectivity index (χ1v) is 15.7. The van der Waals surface area contributed by atoms with E-state index in [1.54, 1.807) is 30.3 Å². The highest BCUT2D eigenvalue weighted by Crippen LogP contribution is 2.34. The van der Waals surface area contributed by atoms with Gasteiger partial charge >= 0.3 is 0 Å². The van der Waals surface area contributed by atoms with Crippen molar-refractivity contribution in [3.8, 4) is 0 Å². The monoisotopic (exact) mass is 620 g/mol. The third kappa shape index (κ3) is 8.02. The average molecular weight is 621 g/mol. The van der Waals surface area contributed by atoms with Crippen LogP contribution in [-0.4, -0.2) is 95.0 Å². The van der Waals surface area contributed by atoms with Crippen LogP contribution in [0.2, 0.25) is 0 Å². The van der Waals surface area contributed by atoms with Crippen LogP contribution >= 0.6 is 11.8 Å². The Bertz CT molecular complexity index is 1410. The van der Waals surface area contributed by atoms with Crippen molar-refractivity contribution in [2.45, 2.75) is 35.6 Å². The molecule has 4 amide bonds. The van der Waals surface area contributed by atoms with Gasteiger partial charge in [0.15, 0.2) is 0 Å². The molecule has 4 rings (SSSR count). The molecule has 42 heavy (non-hydrogen) atoms. The molecule has 0 aliphatic carbocycles. The maximum atomic E-state index is 13.1. The van der Waals surface area contributed by atoms with Crippen molar-refractivity contribution in [3.63, 3.8) is 0 Å². The second-order valence-corrected chi connectivity index (χ2v) is 12.2. The smallest absolute Gasteiger partial charge is 0.297 e. The molecular weight excluding hydrogens is 588 g/mol. The van der Waals surface area contributed by atoms with Crippen LogP contribution in [0.5, 0.6) is 0 Å². The fourth-order valence-electron chi connectivity index (χ4n) is 4.33. The Morgan fingerprint density at radius 2 is 1.50 bits per heavy atom. The van der Waals surface area contributed by atoms with Crippen LogP contribution < -0.4 is 5.32 Å². The molecule has 1 atom stereocenters. The number of nitrogens with zero attached hydrogens (tertiary/aromatic N) is 1. The maximum Gasteiger partial charge on any atom is 0.297 e. The zero-order valence-electron chi connectivity index (χ0n) is 23.0. The highest BCUT2D eigenvalue weighted by Gasteiger charge is 2.45. The molecule has 2 aliphatic heterocycles. The number of hydrogen-bond donors (Lipinski definition) is 1. The number of benzene rings is 2. The number of piperidine rings is 1. The first-order valence-electron chi connectivity index (χ1n) is 13.4. The molecule has 1 unspecified atom stereocenters. The second kappa shape index (κ2) is 14.8. The van der Waals surface area contributed by atoms with Crippen LogP contribution in [-0.2, 0) is 38.1 Å². The number of hydrogen-bond acceptors (Lipinski definition) is 11. The molecule has 14 heteroatoms. The lowest BCUT2D eigenvalue weighted by Crippen LogP contribution is -2.54. The number of aryl methyl sites for hydroxylation is 1. The quantitative estimate of drug-likeness (QED) is 0.127. The predicted molar refractivity (Wildman–Crippen MR) is 151 cm³/mol. The van der Waals surface area contributed by atoms with E-state index in [1.807, 2.05) is 6.92 Å². The van der Waals surface area contributed by atoms with E-state index in [4.69, 9.17) is 18.4 Å². The van der Waals surface area contributed by atoms with Gasteiger partial charge in [0.05, 0.1) is 62.3 Å². The van der Waals surface area contributed by atoms with E-state index in [-0.39, 0.29) is 48.7 Å². The van der Waals surface area contributed by atoms with Crippen LogP contribution in [0, 0.1) is 6.92 Å². The molecule has 1 saturated heterocycles. The minimum Gasteiger partial charge on any atom is -0.378 e. The molecule has 12 nitrogen and oxygen atoms in total. The van der Waals surface area contributed by atoms with Gasteiger partial charge in [0.25, 0.3) is 21.9 Å². The summed E-state index contributed by atoms with van der Waals surface area (Å²) in [6.07, 6.45) is 0.170. The number of nitrogens with one attached hydrogen (secondary N) is 1. The van der Waals surface area contributed by atoms with Gasteiger partial charge in [-0.15, -0.1) is 11.8 Å². The van der Waals surface area contributed by atoms with Gasteiger partial charge in [-0.05, 0) is 37.6 Å². The van der Waals surface area contributed by atoms with E-state index < -0.39 is 39.8 Å². The third-order valence-electron chi connectivity index (χ3n) is 6.43. The van der Waals surface area contributed by atoms with Gasteiger partial charge < -0.3 is 14.2 Å². The fourth-order valence-corrected chi connectivity index (χ4v) is 6.16. The highest BCUT2D eigenvalue weighted by atomic mass is 32.2. The topological polar surface area (TPSA) is 155 Å². The van der Waals surface area contributed by atoms with Gasteiger partial charge in [-0.25, -0.2) is 0 Å². The van der Waals surface area contributed by atoms with Crippen molar-refractivity contribution in [1.29, 1.82) is 0 Å². The summed E-state index contributed by atoms with van der Waals surface area (Å²) in [7, 11) is -3.81. The van der Waals surface area contributed by atoms with E-state index in [0.29, 0.717) is 37.1 Å². The van der Waals surface area contributed by atoms with Gasteiger partial charge in [0.1, 0.15) is 6.04 Å². The number of amides is 4. The van der Waals surface area contributed by atoms with Crippen LogP contribution in [0.3, 0.4) is 0 Å². The molecule has 0 bridgehead atoms. The Kier molecular flexibility index (Phi) is 11.2. The third-order valence-corrected chi connectivity index (χ3v) is 8.78. The summed E-state index contributed by atoms with van der Waals surface area (Å²) >= 11 is 1.37. The summed E-state index contributed by atoms with van der Waals surface area (Å²) < 4.78 is 45.5. The lowest BCUT2D eigenvalue weighted by molar-refractivity contribution is -0.136. The fraction of sp³-hybridized carbons (Fsp3) is 0.429. The molecule has 2 heterocycles. The van der Waals surface area contributed by atoms with Gasteiger partial charge in [0, 0.05) is 17.1 Å². The van der Waals surface area contributed by atoms with E-state index in [9.17, 15) is 27.6 Å². The average Bonchev–Trinajstić information content (AvgIpc) is 3.21. The van der Waals surface area contributed by atoms with Crippen molar-refractivity contribution in [1.82, 2.24) is 10.2 Å². The van der Waals surface area contributed by atoms with E-state index in [2.05, 4.69) is 5.32 Å². The van der Waals surface area contributed by atoms with Gasteiger partial charge in [-0.1, -0.05) is 23.8 Å². The zero-order chi connectivity index (χ0) is 30.1. The van der Waals surface area contributed by atoms with Crippen molar-refractivity contribution < 1.29 is 46.0 Å². The number of ether oxygens (including phenoxy) is 3. The predicted octanol–water partition coefficient (Wildman–Crippen LogP) is 1.94. The summed E-state index contributed by atoms with van der Waals surface area (Å²) in [6, 6.07) is 10.4. The molecule has 2 aromatic rings. The number of imide groups is 2. The Morgan fingerprint density at radius 3 is 2.17 bits per heavy atom. The number of carbonyl (C=O) groups excluding carboxylic acids is 4. The minimum absolute atomic E-state index is 0.0653. The van der Waals surface area contributed by atoms with E-state index >= 15 is 0 Å². The normalized spacial score (nSPS) is 17.1. The Balaban J connectivity index is 1.07. The highest BCUT2D eigenvalue weighted by molar-refractivity contribution is 7.99. The maximum absolute atomic E-state index is 13.1. The molecule has 0 radical (unpaired) electrons. The molecule has 0 aromatic heterocycles. The molecule has 0 spiro atoms. The van der Waals surface area contributed by atoms with Gasteiger partial charge in [-0.2, -0.15) is 8.42 Å². The Hall–Kier alpha value is -3.14. The molecule has 1 N–H and O–H groups in total.